The summed E-state index contributed by atoms with van der Waals surface area (Å²) >= 11 is 0. The van der Waals surface area contributed by atoms with Crippen LogP contribution in [-0.2, 0) is 4.79 Å². The van der Waals surface area contributed by atoms with Gasteiger partial charge in [0.2, 0.25) is 0 Å². The van der Waals surface area contributed by atoms with Gasteiger partial charge in [0.05, 0.1) is 0 Å². The fourth-order valence-electron chi connectivity index (χ4n) is 0.843. The van der Waals surface area contributed by atoms with E-state index in [0.717, 1.165) is 5.57 Å². The Bertz CT molecular complexity index is 164. The number of rotatable bonds is 3. The summed E-state index contributed by atoms with van der Waals surface area (Å²) in [7, 11) is 0. The predicted octanol–water partition coefficient (Wildman–Crippen LogP) is 2.34. The second kappa shape index (κ2) is 4.04. The third kappa shape index (κ3) is 2.62. The molecule has 0 aromatic carbocycles. The Hall–Kier alpha value is -0.850. The van der Waals surface area contributed by atoms with Crippen molar-refractivity contribution in [2.24, 2.45) is 5.92 Å². The molecule has 0 heterocycles. The summed E-state index contributed by atoms with van der Waals surface area (Å²) in [4.78, 5) is 10.9. The van der Waals surface area contributed by atoms with Gasteiger partial charge in [-0.1, -0.05) is 32.6 Å². The molecule has 1 nitrogen and oxygen atoms in total. The van der Waals surface area contributed by atoms with E-state index in [1.807, 2.05) is 13.8 Å². The lowest BCUT2D eigenvalue weighted by molar-refractivity contribution is -0.114. The van der Waals surface area contributed by atoms with Gasteiger partial charge in [-0.3, -0.25) is 4.79 Å². The molecule has 10 heavy (non-hydrogen) atoms. The number of carbonyl (C=O) groups is 1. The van der Waals surface area contributed by atoms with Crippen LogP contribution in [0.1, 0.15) is 20.8 Å². The first-order valence-corrected chi connectivity index (χ1v) is 3.43. The normalized spacial score (nSPS) is 11.8. The lowest BCUT2D eigenvalue weighted by Crippen LogP contribution is -2.03. The van der Waals surface area contributed by atoms with Crippen LogP contribution in [0.4, 0.5) is 0 Å². The van der Waals surface area contributed by atoms with Crippen LogP contribution in [0.2, 0.25) is 0 Å². The highest BCUT2D eigenvalue weighted by Gasteiger charge is 2.05. The van der Waals surface area contributed by atoms with Crippen LogP contribution in [0, 0.1) is 5.92 Å². The summed E-state index contributed by atoms with van der Waals surface area (Å²) in [6.45, 7) is 9.11. The summed E-state index contributed by atoms with van der Waals surface area (Å²) in [5.74, 6) is 0.436. The molecule has 0 amide bonds. The minimum absolute atomic E-state index is 0.134. The molecule has 0 spiro atoms. The summed E-state index contributed by atoms with van der Waals surface area (Å²) in [6, 6.07) is 0. The van der Waals surface area contributed by atoms with Crippen molar-refractivity contribution in [1.29, 1.82) is 0 Å². The lowest BCUT2D eigenvalue weighted by atomic mass is 10.00. The number of ketones is 1. The first-order chi connectivity index (χ1) is 4.59. The minimum Gasteiger partial charge on any atom is -0.295 e. The van der Waals surface area contributed by atoms with Crippen molar-refractivity contribution in [3.8, 4) is 0 Å². The molecule has 0 rings (SSSR count). The Balaban J connectivity index is 4.41. The Kier molecular flexibility index (Phi) is 3.70. The van der Waals surface area contributed by atoms with E-state index >= 15 is 0 Å². The van der Waals surface area contributed by atoms with Gasteiger partial charge in [-0.2, -0.15) is 0 Å². The van der Waals surface area contributed by atoms with Gasteiger partial charge in [-0.15, -0.1) is 0 Å². The first-order valence-electron chi connectivity index (χ1n) is 3.43. The monoisotopic (exact) mass is 138 g/mol. The van der Waals surface area contributed by atoms with E-state index in [1.54, 1.807) is 19.1 Å². The Morgan fingerprint density at radius 1 is 1.50 bits per heavy atom. The van der Waals surface area contributed by atoms with Gasteiger partial charge in [-0.25, -0.2) is 0 Å². The third-order valence-corrected chi connectivity index (χ3v) is 1.33. The summed E-state index contributed by atoms with van der Waals surface area (Å²) < 4.78 is 0. The molecule has 1 heteroatoms. The van der Waals surface area contributed by atoms with E-state index in [4.69, 9.17) is 0 Å². The lowest BCUT2D eigenvalue weighted by Gasteiger charge is -2.04. The van der Waals surface area contributed by atoms with E-state index in [9.17, 15) is 4.79 Å². The number of carbonyl (C=O) groups excluding carboxylic acids is 1. The van der Waals surface area contributed by atoms with Crippen LogP contribution in [0.3, 0.4) is 0 Å². The summed E-state index contributed by atoms with van der Waals surface area (Å²) in [6.07, 6.45) is 3.42. The van der Waals surface area contributed by atoms with Crippen molar-refractivity contribution in [1.82, 2.24) is 0 Å². The maximum absolute atomic E-state index is 10.9. The highest BCUT2D eigenvalue weighted by atomic mass is 16.1. The molecule has 0 bridgehead atoms. The number of hydrogen-bond acceptors (Lipinski definition) is 1. The number of hydrogen-bond donors (Lipinski definition) is 0. The quantitative estimate of drug-likeness (QED) is 0.432. The summed E-state index contributed by atoms with van der Waals surface area (Å²) in [5, 5.41) is 0. The van der Waals surface area contributed by atoms with Crippen LogP contribution in [0.15, 0.2) is 24.3 Å². The third-order valence-electron chi connectivity index (χ3n) is 1.33. The fraction of sp³-hybridized carbons (Fsp3) is 0.444. The van der Waals surface area contributed by atoms with Crippen LogP contribution in [-0.4, -0.2) is 5.78 Å². The number of Topliss-reactive ketones (excluding diaryl/α,β-unsaturated/α-hetero) is 1. The van der Waals surface area contributed by atoms with E-state index in [2.05, 4.69) is 6.58 Å². The van der Waals surface area contributed by atoms with E-state index in [0.29, 0.717) is 5.92 Å². The fourth-order valence-corrected chi connectivity index (χ4v) is 0.843. The van der Waals surface area contributed by atoms with E-state index < -0.39 is 0 Å². The second-order valence-corrected chi connectivity index (χ2v) is 2.57. The largest absolute Gasteiger partial charge is 0.295 e. The van der Waals surface area contributed by atoms with Gasteiger partial charge in [0.1, 0.15) is 0 Å². The molecule has 0 atom stereocenters. The molecule has 0 N–H and O–H groups in total. The standard InChI is InChI=1S/C9H14O/c1-5-6-9(7(2)3)8(4)10/h5-7H,1H2,2-4H3/b9-6+. The summed E-state index contributed by atoms with van der Waals surface area (Å²) in [5.41, 5.74) is 0.843. The molecule has 0 aliphatic carbocycles. The Morgan fingerprint density at radius 2 is 2.00 bits per heavy atom. The zero-order valence-corrected chi connectivity index (χ0v) is 6.85. The van der Waals surface area contributed by atoms with Crippen LogP contribution in [0.25, 0.3) is 0 Å². The molecule has 0 aromatic heterocycles. The van der Waals surface area contributed by atoms with Crippen molar-refractivity contribution in [3.63, 3.8) is 0 Å². The average Bonchev–Trinajstić information content (AvgIpc) is 1.81. The Morgan fingerprint density at radius 3 is 2.10 bits per heavy atom. The zero-order chi connectivity index (χ0) is 8.15. The van der Waals surface area contributed by atoms with E-state index in [1.165, 1.54) is 0 Å². The predicted molar refractivity (Wildman–Crippen MR) is 43.8 cm³/mol. The molecule has 56 valence electrons. The Labute approximate surface area is 62.4 Å². The topological polar surface area (TPSA) is 17.1 Å². The molecule has 0 radical (unpaired) electrons. The van der Waals surface area contributed by atoms with Crippen molar-refractivity contribution in [3.05, 3.63) is 24.3 Å². The van der Waals surface area contributed by atoms with Gasteiger partial charge in [-0.05, 0) is 18.4 Å². The highest BCUT2D eigenvalue weighted by Crippen LogP contribution is 2.09. The molecule has 0 saturated carbocycles. The number of allylic oxidation sites excluding steroid dienone is 3. The van der Waals surface area contributed by atoms with Gasteiger partial charge in [0, 0.05) is 0 Å². The smallest absolute Gasteiger partial charge is 0.156 e. The minimum atomic E-state index is 0.134. The van der Waals surface area contributed by atoms with Crippen molar-refractivity contribution < 1.29 is 4.79 Å². The molecular formula is C9H14O. The van der Waals surface area contributed by atoms with Gasteiger partial charge >= 0.3 is 0 Å². The second-order valence-electron chi connectivity index (χ2n) is 2.57. The molecule has 0 saturated heterocycles. The molecule has 0 aliphatic rings. The first kappa shape index (κ1) is 9.15. The molecule has 0 fully saturated rings. The van der Waals surface area contributed by atoms with Gasteiger partial charge < -0.3 is 0 Å². The molecular weight excluding hydrogens is 124 g/mol. The highest BCUT2D eigenvalue weighted by molar-refractivity contribution is 5.93. The van der Waals surface area contributed by atoms with Gasteiger partial charge in [0.25, 0.3) is 0 Å². The zero-order valence-electron chi connectivity index (χ0n) is 6.85. The van der Waals surface area contributed by atoms with Crippen LogP contribution < -0.4 is 0 Å². The average molecular weight is 138 g/mol. The maximum Gasteiger partial charge on any atom is 0.156 e. The molecule has 0 aliphatic heterocycles. The van der Waals surface area contributed by atoms with Crippen molar-refractivity contribution >= 4 is 5.78 Å². The van der Waals surface area contributed by atoms with Gasteiger partial charge in [0.15, 0.2) is 5.78 Å². The molecule has 0 unspecified atom stereocenters. The van der Waals surface area contributed by atoms with Crippen molar-refractivity contribution in [2.75, 3.05) is 0 Å². The van der Waals surface area contributed by atoms with Crippen molar-refractivity contribution in [2.45, 2.75) is 20.8 Å². The maximum atomic E-state index is 10.9. The van der Waals surface area contributed by atoms with E-state index in [-0.39, 0.29) is 5.78 Å². The van der Waals surface area contributed by atoms with Crippen LogP contribution in [0.5, 0.6) is 0 Å². The van der Waals surface area contributed by atoms with Crippen LogP contribution >= 0.6 is 0 Å². The molecule has 0 aromatic rings. The SMILES string of the molecule is C=C/C=C(/C(C)=O)C(C)C.